The van der Waals surface area contributed by atoms with Gasteiger partial charge in [0.05, 0.1) is 4.90 Å². The minimum atomic E-state index is -3.96. The van der Waals surface area contributed by atoms with Crippen LogP contribution in [0.4, 0.5) is 0 Å². The van der Waals surface area contributed by atoms with Crippen LogP contribution in [0.5, 0.6) is 0 Å². The molecule has 0 fully saturated rings. The Morgan fingerprint density at radius 3 is 2.10 bits per heavy atom. The quantitative estimate of drug-likeness (QED) is 0.774. The van der Waals surface area contributed by atoms with Crippen LogP contribution < -0.4 is 4.72 Å². The van der Waals surface area contributed by atoms with Gasteiger partial charge in [-0.15, -0.1) is 0 Å². The summed E-state index contributed by atoms with van der Waals surface area (Å²) in [6.07, 6.45) is 0.104. The molecule has 110 valence electrons. The summed E-state index contributed by atoms with van der Waals surface area (Å²) < 4.78 is 26.4. The number of nitrogens with one attached hydrogen (secondary N) is 1. The molecule has 0 bridgehead atoms. The average Bonchev–Trinajstić information content (AvgIpc) is 2.38. The van der Waals surface area contributed by atoms with E-state index in [1.54, 1.807) is 6.92 Å². The fourth-order valence-corrected chi connectivity index (χ4v) is 2.93. The van der Waals surface area contributed by atoms with Gasteiger partial charge in [0, 0.05) is 5.56 Å². The number of rotatable bonds is 6. The first-order chi connectivity index (χ1) is 9.12. The van der Waals surface area contributed by atoms with Crippen molar-refractivity contribution in [2.24, 2.45) is 0 Å². The number of hydrogen-bond donors (Lipinski definition) is 2. The molecule has 0 saturated heterocycles. The number of ketones is 1. The van der Waals surface area contributed by atoms with Crippen molar-refractivity contribution in [3.63, 3.8) is 0 Å². The second-order valence-corrected chi connectivity index (χ2v) is 6.36. The zero-order chi connectivity index (χ0) is 15.6. The second kappa shape index (κ2) is 5.72. The molecule has 0 radical (unpaired) electrons. The number of aliphatic carboxylic acids is 1. The molecule has 1 atom stereocenters. The van der Waals surface area contributed by atoms with Crippen molar-refractivity contribution in [2.45, 2.75) is 37.6 Å². The van der Waals surface area contributed by atoms with E-state index in [0.717, 1.165) is 0 Å². The van der Waals surface area contributed by atoms with E-state index < -0.39 is 21.5 Å². The average molecular weight is 299 g/mol. The Bertz CT molecular complexity index is 621. The Balaban J connectivity index is 3.11. The molecular formula is C13H17NO5S. The number of carbonyl (C=O) groups excluding carboxylic acids is 1. The molecule has 0 aromatic heterocycles. The SMILES string of the molecule is CCC(C)(NS(=O)(=O)c1ccc(C(C)=O)cc1)C(=O)O. The summed E-state index contributed by atoms with van der Waals surface area (Å²) in [4.78, 5) is 22.2. The van der Waals surface area contributed by atoms with Crippen molar-refractivity contribution >= 4 is 21.8 Å². The molecule has 6 nitrogen and oxygen atoms in total. The predicted molar refractivity (Wildman–Crippen MR) is 73.1 cm³/mol. The fourth-order valence-electron chi connectivity index (χ4n) is 1.49. The summed E-state index contributed by atoms with van der Waals surface area (Å²) >= 11 is 0. The van der Waals surface area contributed by atoms with Crippen LogP contribution in [0.2, 0.25) is 0 Å². The first-order valence-electron chi connectivity index (χ1n) is 6.01. The smallest absolute Gasteiger partial charge is 0.324 e. The van der Waals surface area contributed by atoms with E-state index in [2.05, 4.69) is 4.72 Å². The van der Waals surface area contributed by atoms with Gasteiger partial charge in [0.1, 0.15) is 5.54 Å². The summed E-state index contributed by atoms with van der Waals surface area (Å²) in [5.74, 6) is -1.42. The Morgan fingerprint density at radius 2 is 1.75 bits per heavy atom. The van der Waals surface area contributed by atoms with E-state index in [9.17, 15) is 18.0 Å². The van der Waals surface area contributed by atoms with Crippen LogP contribution in [0.25, 0.3) is 0 Å². The van der Waals surface area contributed by atoms with Gasteiger partial charge in [0.15, 0.2) is 5.78 Å². The van der Waals surface area contributed by atoms with E-state index in [0.29, 0.717) is 5.56 Å². The third-order valence-corrected chi connectivity index (χ3v) is 4.72. The number of carbonyl (C=O) groups is 2. The van der Waals surface area contributed by atoms with Gasteiger partial charge in [-0.3, -0.25) is 9.59 Å². The molecule has 20 heavy (non-hydrogen) atoms. The Hall–Kier alpha value is -1.73. The van der Waals surface area contributed by atoms with Crippen molar-refractivity contribution in [3.8, 4) is 0 Å². The molecule has 0 aliphatic heterocycles. The van der Waals surface area contributed by atoms with Gasteiger partial charge in [-0.2, -0.15) is 4.72 Å². The summed E-state index contributed by atoms with van der Waals surface area (Å²) in [5.41, 5.74) is -1.18. The first-order valence-corrected chi connectivity index (χ1v) is 7.49. The van der Waals surface area contributed by atoms with Crippen LogP contribution in [-0.2, 0) is 14.8 Å². The van der Waals surface area contributed by atoms with Crippen molar-refractivity contribution in [1.29, 1.82) is 0 Å². The predicted octanol–water partition coefficient (Wildman–Crippen LogP) is 1.42. The normalized spacial score (nSPS) is 14.6. The topological polar surface area (TPSA) is 101 Å². The number of hydrogen-bond acceptors (Lipinski definition) is 4. The lowest BCUT2D eigenvalue weighted by atomic mass is 10.0. The Morgan fingerprint density at radius 1 is 1.25 bits per heavy atom. The zero-order valence-electron chi connectivity index (χ0n) is 11.5. The highest BCUT2D eigenvalue weighted by Crippen LogP contribution is 2.17. The van der Waals surface area contributed by atoms with Crippen molar-refractivity contribution < 1.29 is 23.1 Å². The second-order valence-electron chi connectivity index (χ2n) is 4.68. The Labute approximate surface area is 117 Å². The maximum Gasteiger partial charge on any atom is 0.324 e. The van der Waals surface area contributed by atoms with Gasteiger partial charge in [0.25, 0.3) is 0 Å². The number of benzene rings is 1. The maximum absolute atomic E-state index is 12.1. The first kappa shape index (κ1) is 16.3. The van der Waals surface area contributed by atoms with Crippen molar-refractivity contribution in [2.75, 3.05) is 0 Å². The molecule has 1 aromatic carbocycles. The van der Waals surface area contributed by atoms with Crippen LogP contribution in [0.3, 0.4) is 0 Å². The standard InChI is InChI=1S/C13H17NO5S/c1-4-13(3,12(16)17)14-20(18,19)11-7-5-10(6-8-11)9(2)15/h5-8,14H,4H2,1-3H3,(H,16,17). The van der Waals surface area contributed by atoms with E-state index in [1.807, 2.05) is 0 Å². The van der Waals surface area contributed by atoms with Crippen LogP contribution in [-0.4, -0.2) is 30.8 Å². The molecule has 1 aromatic rings. The molecule has 0 spiro atoms. The Kier molecular flexibility index (Phi) is 4.67. The minimum absolute atomic E-state index is 0.0802. The molecule has 0 amide bonds. The van der Waals surface area contributed by atoms with Crippen molar-refractivity contribution in [3.05, 3.63) is 29.8 Å². The van der Waals surface area contributed by atoms with E-state index in [1.165, 1.54) is 38.1 Å². The van der Waals surface area contributed by atoms with Gasteiger partial charge in [-0.1, -0.05) is 19.1 Å². The van der Waals surface area contributed by atoms with Gasteiger partial charge < -0.3 is 5.11 Å². The van der Waals surface area contributed by atoms with Gasteiger partial charge in [0.2, 0.25) is 10.0 Å². The molecule has 0 aliphatic carbocycles. The molecular weight excluding hydrogens is 282 g/mol. The monoisotopic (exact) mass is 299 g/mol. The lowest BCUT2D eigenvalue weighted by Gasteiger charge is -2.24. The van der Waals surface area contributed by atoms with E-state index >= 15 is 0 Å². The number of carboxylic acids is 1. The molecule has 7 heteroatoms. The third kappa shape index (κ3) is 3.43. The summed E-state index contributed by atoms with van der Waals surface area (Å²) in [5, 5.41) is 9.09. The summed E-state index contributed by atoms with van der Waals surface area (Å²) in [6, 6.07) is 5.33. The maximum atomic E-state index is 12.1. The molecule has 1 unspecified atom stereocenters. The molecule has 0 heterocycles. The molecule has 1 rings (SSSR count). The fraction of sp³-hybridized carbons (Fsp3) is 0.385. The van der Waals surface area contributed by atoms with Crippen LogP contribution >= 0.6 is 0 Å². The van der Waals surface area contributed by atoms with Gasteiger partial charge >= 0.3 is 5.97 Å². The van der Waals surface area contributed by atoms with Crippen LogP contribution in [0.15, 0.2) is 29.2 Å². The summed E-state index contributed by atoms with van der Waals surface area (Å²) in [6.45, 7) is 4.26. The van der Waals surface area contributed by atoms with E-state index in [4.69, 9.17) is 5.11 Å². The van der Waals surface area contributed by atoms with Crippen LogP contribution in [0, 0.1) is 0 Å². The summed E-state index contributed by atoms with van der Waals surface area (Å²) in [7, 11) is -3.96. The molecule has 2 N–H and O–H groups in total. The highest BCUT2D eigenvalue weighted by Gasteiger charge is 2.36. The zero-order valence-corrected chi connectivity index (χ0v) is 12.3. The number of Topliss-reactive ketones (excluding diaryl/α,β-unsaturated/α-hetero) is 1. The molecule has 0 aliphatic rings. The highest BCUT2D eigenvalue weighted by molar-refractivity contribution is 7.89. The number of carboxylic acid groups (broad SMARTS) is 1. The highest BCUT2D eigenvalue weighted by atomic mass is 32.2. The minimum Gasteiger partial charge on any atom is -0.480 e. The third-order valence-electron chi connectivity index (χ3n) is 3.11. The lowest BCUT2D eigenvalue weighted by molar-refractivity contribution is -0.143. The van der Waals surface area contributed by atoms with Crippen LogP contribution in [0.1, 0.15) is 37.6 Å². The van der Waals surface area contributed by atoms with Crippen molar-refractivity contribution in [1.82, 2.24) is 4.72 Å². The number of sulfonamides is 1. The van der Waals surface area contributed by atoms with Gasteiger partial charge in [-0.25, -0.2) is 8.42 Å². The lowest BCUT2D eigenvalue weighted by Crippen LogP contribution is -2.51. The van der Waals surface area contributed by atoms with Gasteiger partial charge in [-0.05, 0) is 32.4 Å². The van der Waals surface area contributed by atoms with E-state index in [-0.39, 0.29) is 17.1 Å². The molecule has 0 saturated carbocycles. The largest absolute Gasteiger partial charge is 0.480 e.